The minimum absolute atomic E-state index is 0.102. The number of aromatic nitrogens is 2. The number of hydrogen-bond donors (Lipinski definition) is 0. The van der Waals surface area contributed by atoms with E-state index in [4.69, 9.17) is 0 Å². The molecule has 1 amide bonds. The molecule has 4 heteroatoms. The van der Waals surface area contributed by atoms with Gasteiger partial charge in [0.15, 0.2) is 0 Å². The first-order valence-corrected chi connectivity index (χ1v) is 8.75. The van der Waals surface area contributed by atoms with Gasteiger partial charge in [-0.1, -0.05) is 18.2 Å². The summed E-state index contributed by atoms with van der Waals surface area (Å²) in [5.41, 5.74) is 3.79. The highest BCUT2D eigenvalue weighted by molar-refractivity contribution is 5.95. The van der Waals surface area contributed by atoms with Crippen LogP contribution in [0.25, 0.3) is 10.9 Å². The summed E-state index contributed by atoms with van der Waals surface area (Å²) in [4.78, 5) is 23.5. The van der Waals surface area contributed by atoms with E-state index in [9.17, 15) is 4.79 Å². The van der Waals surface area contributed by atoms with Gasteiger partial charge >= 0.3 is 0 Å². The smallest absolute Gasteiger partial charge is 0.255 e. The van der Waals surface area contributed by atoms with Gasteiger partial charge in [-0.15, -0.1) is 0 Å². The second kappa shape index (κ2) is 6.63. The van der Waals surface area contributed by atoms with Gasteiger partial charge in [0.1, 0.15) is 0 Å². The Hall–Kier alpha value is -2.75. The highest BCUT2D eigenvalue weighted by Gasteiger charge is 2.28. The van der Waals surface area contributed by atoms with Gasteiger partial charge in [0.25, 0.3) is 5.91 Å². The number of aryl methyl sites for hydroxylation is 1. The van der Waals surface area contributed by atoms with E-state index in [0.717, 1.165) is 42.7 Å². The summed E-state index contributed by atoms with van der Waals surface area (Å²) in [6, 6.07) is 14.1. The minimum Gasteiger partial charge on any atom is -0.338 e. The maximum atomic E-state index is 12.7. The van der Waals surface area contributed by atoms with E-state index in [1.54, 1.807) is 6.20 Å². The van der Waals surface area contributed by atoms with E-state index in [-0.39, 0.29) is 5.91 Å². The lowest BCUT2D eigenvalue weighted by molar-refractivity contribution is 0.0786. The zero-order valence-electron chi connectivity index (χ0n) is 14.4. The molecule has 0 N–H and O–H groups in total. The molecule has 4 rings (SSSR count). The molecular weight excluding hydrogens is 310 g/mol. The molecule has 1 aliphatic rings. The van der Waals surface area contributed by atoms with E-state index in [0.29, 0.717) is 5.92 Å². The third-order valence-electron chi connectivity index (χ3n) is 4.98. The average Bonchev–Trinajstić information content (AvgIpc) is 3.10. The third-order valence-corrected chi connectivity index (χ3v) is 4.98. The number of para-hydroxylation sites is 1. The van der Waals surface area contributed by atoms with E-state index >= 15 is 0 Å². The molecule has 0 radical (unpaired) electrons. The summed E-state index contributed by atoms with van der Waals surface area (Å²) in [5.74, 6) is 0.591. The van der Waals surface area contributed by atoms with Crippen LogP contribution in [0.4, 0.5) is 0 Å². The number of carbonyl (C=O) groups is 1. The summed E-state index contributed by atoms with van der Waals surface area (Å²) in [6.07, 6.45) is 5.70. The third kappa shape index (κ3) is 3.25. The molecule has 1 aromatic carbocycles. The normalized spacial score (nSPS) is 17.2. The van der Waals surface area contributed by atoms with Crippen LogP contribution in [0.2, 0.25) is 0 Å². The van der Waals surface area contributed by atoms with Crippen molar-refractivity contribution in [3.63, 3.8) is 0 Å². The van der Waals surface area contributed by atoms with Crippen molar-refractivity contribution in [2.45, 2.75) is 19.8 Å². The molecule has 0 aliphatic carbocycles. The molecule has 1 atom stereocenters. The van der Waals surface area contributed by atoms with Crippen LogP contribution in [-0.2, 0) is 6.42 Å². The van der Waals surface area contributed by atoms with Crippen LogP contribution < -0.4 is 0 Å². The maximum Gasteiger partial charge on any atom is 0.255 e. The Morgan fingerprint density at radius 3 is 2.96 bits per heavy atom. The van der Waals surface area contributed by atoms with Crippen LogP contribution in [0.5, 0.6) is 0 Å². The second-order valence-electron chi connectivity index (χ2n) is 6.78. The minimum atomic E-state index is 0.102. The maximum absolute atomic E-state index is 12.7. The van der Waals surface area contributed by atoms with Crippen molar-refractivity contribution in [2.24, 2.45) is 5.92 Å². The number of rotatable bonds is 3. The Kier molecular flexibility index (Phi) is 4.18. The Balaban J connectivity index is 1.45. The fourth-order valence-electron chi connectivity index (χ4n) is 3.63. The lowest BCUT2D eigenvalue weighted by Gasteiger charge is -2.17. The molecule has 0 bridgehead atoms. The largest absolute Gasteiger partial charge is 0.338 e. The van der Waals surface area contributed by atoms with Gasteiger partial charge in [-0.25, -0.2) is 0 Å². The fraction of sp³-hybridized carbons (Fsp3) is 0.286. The lowest BCUT2D eigenvalue weighted by Crippen LogP contribution is -2.29. The zero-order valence-corrected chi connectivity index (χ0v) is 14.4. The van der Waals surface area contributed by atoms with Crippen LogP contribution in [0.15, 0.2) is 54.9 Å². The van der Waals surface area contributed by atoms with E-state index in [1.165, 1.54) is 10.9 Å². The van der Waals surface area contributed by atoms with Crippen molar-refractivity contribution in [3.8, 4) is 0 Å². The molecule has 1 saturated heterocycles. The molecular formula is C21H21N3O. The molecule has 4 nitrogen and oxygen atoms in total. The van der Waals surface area contributed by atoms with Crippen molar-refractivity contribution in [1.29, 1.82) is 0 Å². The molecule has 0 unspecified atom stereocenters. The van der Waals surface area contributed by atoms with Gasteiger partial charge in [-0.05, 0) is 55.5 Å². The van der Waals surface area contributed by atoms with Crippen molar-refractivity contribution in [3.05, 3.63) is 71.7 Å². The topological polar surface area (TPSA) is 46.1 Å². The van der Waals surface area contributed by atoms with Gasteiger partial charge in [0, 0.05) is 36.6 Å². The number of fused-ring (bicyclic) bond motifs is 1. The molecule has 2 aromatic heterocycles. The van der Waals surface area contributed by atoms with Crippen molar-refractivity contribution < 1.29 is 4.79 Å². The predicted molar refractivity (Wildman–Crippen MR) is 98.4 cm³/mol. The fourth-order valence-corrected chi connectivity index (χ4v) is 3.63. The van der Waals surface area contributed by atoms with E-state index < -0.39 is 0 Å². The number of benzene rings is 1. The average molecular weight is 331 g/mol. The molecule has 25 heavy (non-hydrogen) atoms. The molecule has 1 aliphatic heterocycles. The molecule has 126 valence electrons. The van der Waals surface area contributed by atoms with Gasteiger partial charge in [0.2, 0.25) is 0 Å². The predicted octanol–water partition coefficient (Wildman–Crippen LogP) is 3.64. The molecule has 1 fully saturated rings. The number of carbonyl (C=O) groups excluding carboxylic acids is 1. The molecule has 0 saturated carbocycles. The summed E-state index contributed by atoms with van der Waals surface area (Å²) in [5, 5.41) is 1.18. The Bertz CT molecular complexity index is 922. The number of hydrogen-bond acceptors (Lipinski definition) is 3. The lowest BCUT2D eigenvalue weighted by atomic mass is 9.99. The Morgan fingerprint density at radius 2 is 2.08 bits per heavy atom. The van der Waals surface area contributed by atoms with Crippen LogP contribution in [0.3, 0.4) is 0 Å². The molecule has 3 heterocycles. The van der Waals surface area contributed by atoms with Crippen LogP contribution >= 0.6 is 0 Å². The first-order valence-electron chi connectivity index (χ1n) is 8.75. The monoisotopic (exact) mass is 331 g/mol. The quantitative estimate of drug-likeness (QED) is 0.736. The standard InChI is InChI=1S/C21H21N3O/c1-15-19(6-4-9-22-15)21(25)24-10-8-16(14-24)11-17-12-18-5-2-3-7-20(18)23-13-17/h2-7,9,12-13,16H,8,10-11,14H2,1H3/t16-/m0/s1. The van der Waals surface area contributed by atoms with Crippen LogP contribution in [-0.4, -0.2) is 33.9 Å². The SMILES string of the molecule is Cc1ncccc1C(=O)N1CC[C@@H](Cc2cnc3ccccc3c2)C1. The summed E-state index contributed by atoms with van der Waals surface area (Å²) in [6.45, 7) is 3.51. The molecule has 0 spiro atoms. The van der Waals surface area contributed by atoms with Gasteiger partial charge in [0.05, 0.1) is 11.1 Å². The van der Waals surface area contributed by atoms with Crippen molar-refractivity contribution in [1.82, 2.24) is 14.9 Å². The molecule has 3 aromatic rings. The first-order chi connectivity index (χ1) is 12.2. The number of likely N-dealkylation sites (tertiary alicyclic amines) is 1. The van der Waals surface area contributed by atoms with E-state index in [2.05, 4.69) is 22.1 Å². The van der Waals surface area contributed by atoms with Crippen molar-refractivity contribution in [2.75, 3.05) is 13.1 Å². The second-order valence-corrected chi connectivity index (χ2v) is 6.78. The highest BCUT2D eigenvalue weighted by Crippen LogP contribution is 2.24. The highest BCUT2D eigenvalue weighted by atomic mass is 16.2. The van der Waals surface area contributed by atoms with Gasteiger partial charge in [-0.3, -0.25) is 14.8 Å². The van der Waals surface area contributed by atoms with Gasteiger partial charge < -0.3 is 4.90 Å². The van der Waals surface area contributed by atoms with Crippen molar-refractivity contribution >= 4 is 16.8 Å². The summed E-state index contributed by atoms with van der Waals surface area (Å²) in [7, 11) is 0. The number of nitrogens with zero attached hydrogens (tertiary/aromatic N) is 3. The number of amides is 1. The number of pyridine rings is 2. The Labute approximate surface area is 147 Å². The zero-order chi connectivity index (χ0) is 17.2. The first kappa shape index (κ1) is 15.8. The Morgan fingerprint density at radius 1 is 1.20 bits per heavy atom. The summed E-state index contributed by atoms with van der Waals surface area (Å²) >= 11 is 0. The van der Waals surface area contributed by atoms with E-state index in [1.807, 2.05) is 48.4 Å². The summed E-state index contributed by atoms with van der Waals surface area (Å²) < 4.78 is 0. The van der Waals surface area contributed by atoms with Crippen LogP contribution in [0.1, 0.15) is 28.0 Å². The van der Waals surface area contributed by atoms with Gasteiger partial charge in [-0.2, -0.15) is 0 Å². The van der Waals surface area contributed by atoms with Crippen LogP contribution in [0, 0.1) is 12.8 Å².